The molecule has 0 heterocycles. The Hall–Kier alpha value is -1.34. The topological polar surface area (TPSA) is 68.9 Å². The molecule has 0 aromatic heterocycles. The van der Waals surface area contributed by atoms with Crippen molar-refractivity contribution in [3.8, 4) is 11.5 Å². The lowest BCUT2D eigenvalue weighted by atomic mass is 10.2. The summed E-state index contributed by atoms with van der Waals surface area (Å²) in [6.45, 7) is 5.27. The number of unbranched alkanes of at least 4 members (excludes halogenated alkanes) is 1. The van der Waals surface area contributed by atoms with Crippen LogP contribution in [0, 0.1) is 0 Å². The van der Waals surface area contributed by atoms with Crippen LogP contribution in [0.15, 0.2) is 21.7 Å². The highest BCUT2D eigenvalue weighted by molar-refractivity contribution is 9.10. The van der Waals surface area contributed by atoms with E-state index in [4.69, 9.17) is 15.2 Å². The monoisotopic (exact) mass is 373 g/mol. The number of halogens is 1. The first-order valence-corrected chi connectivity index (χ1v) is 7.96. The van der Waals surface area contributed by atoms with Gasteiger partial charge in [-0.2, -0.15) is 5.10 Å². The maximum Gasteiger partial charge on any atom is 0.184 e. The van der Waals surface area contributed by atoms with Gasteiger partial charge in [-0.25, -0.2) is 0 Å². The van der Waals surface area contributed by atoms with Crippen LogP contribution >= 0.6 is 28.1 Å². The molecule has 0 aliphatic heterocycles. The largest absolute Gasteiger partial charge is 0.490 e. The number of nitrogens with two attached hydrogens (primary N) is 1. The highest BCUT2D eigenvalue weighted by Gasteiger charge is 2.11. The van der Waals surface area contributed by atoms with Gasteiger partial charge in [-0.15, -0.1) is 0 Å². The summed E-state index contributed by atoms with van der Waals surface area (Å²) in [5.74, 6) is 1.39. The Kier molecular flexibility index (Phi) is 8.07. The number of nitrogens with zero attached hydrogens (tertiary/aromatic N) is 1. The minimum absolute atomic E-state index is 0.120. The lowest BCUT2D eigenvalue weighted by Gasteiger charge is -2.14. The minimum Gasteiger partial charge on any atom is -0.490 e. The second kappa shape index (κ2) is 9.57. The summed E-state index contributed by atoms with van der Waals surface area (Å²) < 4.78 is 12.2. The van der Waals surface area contributed by atoms with E-state index in [0.29, 0.717) is 24.7 Å². The Balaban J connectivity index is 2.94. The quantitative estimate of drug-likeness (QED) is 0.317. The number of hydrazone groups is 1. The highest BCUT2D eigenvalue weighted by Crippen LogP contribution is 2.36. The summed E-state index contributed by atoms with van der Waals surface area (Å²) in [4.78, 5) is 0. The van der Waals surface area contributed by atoms with Crippen LogP contribution in [0.4, 0.5) is 0 Å². The summed E-state index contributed by atoms with van der Waals surface area (Å²) in [7, 11) is 0. The predicted octanol–water partition coefficient (Wildman–Crippen LogP) is 3.19. The number of ether oxygens (including phenoxy) is 2. The van der Waals surface area contributed by atoms with Crippen molar-refractivity contribution in [2.24, 2.45) is 10.8 Å². The van der Waals surface area contributed by atoms with Gasteiger partial charge in [-0.3, -0.25) is 5.43 Å². The van der Waals surface area contributed by atoms with Gasteiger partial charge in [0.05, 0.1) is 23.9 Å². The molecule has 0 fully saturated rings. The molecule has 7 heteroatoms. The van der Waals surface area contributed by atoms with Crippen molar-refractivity contribution in [2.75, 3.05) is 13.2 Å². The van der Waals surface area contributed by atoms with Crippen LogP contribution in [-0.2, 0) is 0 Å². The zero-order chi connectivity index (χ0) is 15.7. The lowest BCUT2D eigenvalue weighted by molar-refractivity contribution is 0.271. The van der Waals surface area contributed by atoms with Gasteiger partial charge in [0, 0.05) is 0 Å². The molecule has 0 bridgehead atoms. The zero-order valence-electron chi connectivity index (χ0n) is 12.2. The highest BCUT2D eigenvalue weighted by atomic mass is 79.9. The van der Waals surface area contributed by atoms with Gasteiger partial charge in [0.2, 0.25) is 0 Å². The number of rotatable bonds is 8. The van der Waals surface area contributed by atoms with E-state index < -0.39 is 0 Å². The van der Waals surface area contributed by atoms with Crippen molar-refractivity contribution in [3.05, 3.63) is 22.2 Å². The van der Waals surface area contributed by atoms with Crippen molar-refractivity contribution >= 4 is 39.5 Å². The second-order valence-electron chi connectivity index (χ2n) is 4.20. The standard InChI is InChI=1S/C14H20BrN3O2S/c1-3-5-6-20-13-11(15)7-10(8-12(13)19-4-2)9-17-18-14(16)21/h7-9H,3-6H2,1-2H3,(H3,16,18,21)/b17-9+. The third-order valence-corrected chi connectivity index (χ3v) is 3.14. The molecular weight excluding hydrogens is 354 g/mol. The third kappa shape index (κ3) is 6.31. The fraction of sp³-hybridized carbons (Fsp3) is 0.429. The van der Waals surface area contributed by atoms with E-state index in [1.807, 2.05) is 19.1 Å². The number of hydrogen-bond acceptors (Lipinski definition) is 4. The Bertz CT molecular complexity index is 509. The molecule has 5 nitrogen and oxygen atoms in total. The van der Waals surface area contributed by atoms with Gasteiger partial charge in [-0.1, -0.05) is 13.3 Å². The molecule has 0 radical (unpaired) electrons. The molecular formula is C14H20BrN3O2S. The van der Waals surface area contributed by atoms with Gasteiger partial charge in [0.1, 0.15) is 0 Å². The first kappa shape index (κ1) is 17.7. The van der Waals surface area contributed by atoms with E-state index in [1.54, 1.807) is 6.21 Å². The fourth-order valence-electron chi connectivity index (χ4n) is 1.55. The first-order chi connectivity index (χ1) is 10.1. The van der Waals surface area contributed by atoms with Gasteiger partial charge >= 0.3 is 0 Å². The van der Waals surface area contributed by atoms with E-state index in [2.05, 4.69) is 45.6 Å². The summed E-state index contributed by atoms with van der Waals surface area (Å²) in [5, 5.41) is 4.05. The summed E-state index contributed by atoms with van der Waals surface area (Å²) in [5.41, 5.74) is 8.67. The maximum absolute atomic E-state index is 5.79. The minimum atomic E-state index is 0.120. The Labute approximate surface area is 139 Å². The van der Waals surface area contributed by atoms with Crippen molar-refractivity contribution in [1.82, 2.24) is 5.43 Å². The SMILES string of the molecule is CCCCOc1c(Br)cc(/C=N/NC(N)=S)cc1OCC. The van der Waals surface area contributed by atoms with Crippen LogP contribution in [0.3, 0.4) is 0 Å². The molecule has 3 N–H and O–H groups in total. The van der Waals surface area contributed by atoms with Crippen LogP contribution in [-0.4, -0.2) is 24.5 Å². The second-order valence-corrected chi connectivity index (χ2v) is 5.49. The first-order valence-electron chi connectivity index (χ1n) is 6.76. The molecule has 0 aliphatic carbocycles. The maximum atomic E-state index is 5.79. The van der Waals surface area contributed by atoms with Crippen LogP contribution in [0.25, 0.3) is 0 Å². The van der Waals surface area contributed by atoms with E-state index in [1.165, 1.54) is 0 Å². The van der Waals surface area contributed by atoms with E-state index in [9.17, 15) is 0 Å². The Morgan fingerprint density at radius 3 is 2.81 bits per heavy atom. The molecule has 1 aromatic rings. The molecule has 0 aliphatic rings. The average Bonchev–Trinajstić information content (AvgIpc) is 2.42. The fourth-order valence-corrected chi connectivity index (χ4v) is 2.18. The molecule has 0 unspecified atom stereocenters. The molecule has 21 heavy (non-hydrogen) atoms. The molecule has 0 atom stereocenters. The van der Waals surface area contributed by atoms with Crippen molar-refractivity contribution in [2.45, 2.75) is 26.7 Å². The number of thiocarbonyl (C=S) groups is 1. The van der Waals surface area contributed by atoms with Crippen molar-refractivity contribution in [3.63, 3.8) is 0 Å². The summed E-state index contributed by atoms with van der Waals surface area (Å²) >= 11 is 8.19. The van der Waals surface area contributed by atoms with Crippen LogP contribution in [0.2, 0.25) is 0 Å². The van der Waals surface area contributed by atoms with Gasteiger partial charge in [-0.05, 0) is 59.2 Å². The van der Waals surface area contributed by atoms with Gasteiger partial charge in [0.25, 0.3) is 0 Å². The summed E-state index contributed by atoms with van der Waals surface area (Å²) in [6.07, 6.45) is 3.69. The molecule has 1 rings (SSSR count). The third-order valence-electron chi connectivity index (χ3n) is 2.46. The van der Waals surface area contributed by atoms with E-state index >= 15 is 0 Å². The zero-order valence-corrected chi connectivity index (χ0v) is 14.6. The van der Waals surface area contributed by atoms with E-state index in [-0.39, 0.29) is 5.11 Å². The number of hydrogen-bond donors (Lipinski definition) is 2. The molecule has 0 saturated heterocycles. The number of benzene rings is 1. The Morgan fingerprint density at radius 2 is 2.19 bits per heavy atom. The predicted molar refractivity (Wildman–Crippen MR) is 93.2 cm³/mol. The molecule has 0 amide bonds. The van der Waals surface area contributed by atoms with Crippen molar-refractivity contribution < 1.29 is 9.47 Å². The van der Waals surface area contributed by atoms with Crippen LogP contribution in [0.1, 0.15) is 32.3 Å². The van der Waals surface area contributed by atoms with E-state index in [0.717, 1.165) is 22.9 Å². The van der Waals surface area contributed by atoms with Gasteiger partial charge in [0.15, 0.2) is 16.6 Å². The van der Waals surface area contributed by atoms with Gasteiger partial charge < -0.3 is 15.2 Å². The molecule has 0 spiro atoms. The lowest BCUT2D eigenvalue weighted by Crippen LogP contribution is -2.23. The summed E-state index contributed by atoms with van der Waals surface area (Å²) in [6, 6.07) is 3.76. The van der Waals surface area contributed by atoms with Crippen LogP contribution in [0.5, 0.6) is 11.5 Å². The molecule has 1 aromatic carbocycles. The Morgan fingerprint density at radius 1 is 1.43 bits per heavy atom. The smallest absolute Gasteiger partial charge is 0.184 e. The molecule has 0 saturated carbocycles. The normalized spacial score (nSPS) is 10.6. The van der Waals surface area contributed by atoms with Crippen molar-refractivity contribution in [1.29, 1.82) is 0 Å². The molecule has 116 valence electrons. The van der Waals surface area contributed by atoms with Crippen LogP contribution < -0.4 is 20.6 Å². The average molecular weight is 374 g/mol. The number of nitrogens with one attached hydrogen (secondary N) is 1.